The fraction of sp³-hybridized carbons (Fsp3) is 0.182. The van der Waals surface area contributed by atoms with Crippen LogP contribution in [0.4, 0.5) is 0 Å². The van der Waals surface area contributed by atoms with Crippen molar-refractivity contribution in [2.24, 2.45) is 5.92 Å². The first kappa shape index (κ1) is 17.1. The number of carbonyl (C=O) groups excluding carboxylic acids is 1. The molecule has 1 aromatic heterocycles. The summed E-state index contributed by atoms with van der Waals surface area (Å²) in [6.45, 7) is 1.13. The summed E-state index contributed by atoms with van der Waals surface area (Å²) < 4.78 is 11.6. The van der Waals surface area contributed by atoms with Crippen molar-refractivity contribution in [3.05, 3.63) is 84.1 Å². The zero-order valence-electron chi connectivity index (χ0n) is 14.8. The molecule has 0 spiro atoms. The molecule has 1 aliphatic rings. The monoisotopic (exact) mass is 360 g/mol. The van der Waals surface area contributed by atoms with Crippen molar-refractivity contribution >= 4 is 5.91 Å². The second-order valence-electron chi connectivity index (χ2n) is 6.47. The summed E-state index contributed by atoms with van der Waals surface area (Å²) in [6, 6.07) is 20.8. The van der Waals surface area contributed by atoms with E-state index in [4.69, 9.17) is 9.47 Å². The molecule has 5 nitrogen and oxygen atoms in total. The summed E-state index contributed by atoms with van der Waals surface area (Å²) in [5, 5.41) is 2.99. The number of pyridine rings is 1. The second-order valence-corrected chi connectivity index (χ2v) is 6.47. The lowest BCUT2D eigenvalue weighted by Gasteiger charge is -2.25. The maximum atomic E-state index is 12.7. The van der Waals surface area contributed by atoms with E-state index >= 15 is 0 Å². The van der Waals surface area contributed by atoms with Crippen LogP contribution in [0, 0.1) is 5.92 Å². The molecule has 0 fully saturated rings. The van der Waals surface area contributed by atoms with Gasteiger partial charge < -0.3 is 14.8 Å². The minimum Gasteiger partial charge on any atom is -0.493 e. The third kappa shape index (κ3) is 4.08. The SMILES string of the molecule is O=C(NCC1COc2ccccc2C1)c1cccnc1Oc1ccccc1. The summed E-state index contributed by atoms with van der Waals surface area (Å²) in [5.74, 6) is 1.91. The highest BCUT2D eigenvalue weighted by molar-refractivity contribution is 5.96. The van der Waals surface area contributed by atoms with Crippen LogP contribution >= 0.6 is 0 Å². The van der Waals surface area contributed by atoms with E-state index in [1.807, 2.05) is 48.5 Å². The number of fused-ring (bicyclic) bond motifs is 1. The molecular formula is C22H20N2O3. The van der Waals surface area contributed by atoms with Gasteiger partial charge in [0.05, 0.1) is 6.61 Å². The lowest BCUT2D eigenvalue weighted by Crippen LogP contribution is -2.35. The zero-order valence-corrected chi connectivity index (χ0v) is 14.8. The molecule has 2 aromatic carbocycles. The minimum atomic E-state index is -0.201. The average molecular weight is 360 g/mol. The van der Waals surface area contributed by atoms with Crippen LogP contribution in [0.2, 0.25) is 0 Å². The van der Waals surface area contributed by atoms with Gasteiger partial charge in [-0.15, -0.1) is 0 Å². The minimum absolute atomic E-state index is 0.201. The molecule has 4 rings (SSSR count). The Kier molecular flexibility index (Phi) is 5.01. The van der Waals surface area contributed by atoms with Gasteiger partial charge in [-0.05, 0) is 42.3 Å². The fourth-order valence-corrected chi connectivity index (χ4v) is 3.10. The standard InChI is InChI=1S/C22H20N2O3/c25-21(24-14-16-13-17-7-4-5-11-20(17)26-15-16)19-10-6-12-23-22(19)27-18-8-2-1-3-9-18/h1-12,16H,13-15H2,(H,24,25). The lowest BCUT2D eigenvalue weighted by molar-refractivity contribution is 0.0936. The Balaban J connectivity index is 1.40. The zero-order chi connectivity index (χ0) is 18.5. The molecule has 0 saturated carbocycles. The van der Waals surface area contributed by atoms with Gasteiger partial charge in [0.2, 0.25) is 5.88 Å². The quantitative estimate of drug-likeness (QED) is 0.751. The van der Waals surface area contributed by atoms with Crippen LogP contribution in [0.5, 0.6) is 17.4 Å². The summed E-state index contributed by atoms with van der Waals surface area (Å²) in [7, 11) is 0. The summed E-state index contributed by atoms with van der Waals surface area (Å²) in [5.41, 5.74) is 1.59. The lowest BCUT2D eigenvalue weighted by atomic mass is 9.96. The van der Waals surface area contributed by atoms with Crippen LogP contribution in [-0.4, -0.2) is 24.0 Å². The van der Waals surface area contributed by atoms with Gasteiger partial charge >= 0.3 is 0 Å². The summed E-state index contributed by atoms with van der Waals surface area (Å²) in [6.07, 6.45) is 2.50. The number of ether oxygens (including phenoxy) is 2. The van der Waals surface area contributed by atoms with E-state index in [2.05, 4.69) is 16.4 Å². The van der Waals surface area contributed by atoms with Crippen molar-refractivity contribution in [3.8, 4) is 17.4 Å². The smallest absolute Gasteiger partial charge is 0.256 e. The van der Waals surface area contributed by atoms with Crippen molar-refractivity contribution in [3.63, 3.8) is 0 Å². The molecule has 0 bridgehead atoms. The maximum absolute atomic E-state index is 12.7. The molecule has 0 radical (unpaired) electrons. The van der Waals surface area contributed by atoms with Crippen LogP contribution in [0.3, 0.4) is 0 Å². The average Bonchev–Trinajstić information content (AvgIpc) is 2.73. The van der Waals surface area contributed by atoms with Gasteiger partial charge in [0.25, 0.3) is 5.91 Å². The third-order valence-electron chi connectivity index (χ3n) is 4.48. The Bertz CT molecular complexity index is 928. The Morgan fingerprint density at radius 3 is 2.78 bits per heavy atom. The van der Waals surface area contributed by atoms with E-state index < -0.39 is 0 Å². The van der Waals surface area contributed by atoms with Gasteiger partial charge in [-0.1, -0.05) is 36.4 Å². The number of nitrogens with zero attached hydrogens (tertiary/aromatic N) is 1. The Morgan fingerprint density at radius 2 is 1.89 bits per heavy atom. The van der Waals surface area contributed by atoms with Crippen LogP contribution in [0.25, 0.3) is 0 Å². The first-order valence-corrected chi connectivity index (χ1v) is 8.96. The summed E-state index contributed by atoms with van der Waals surface area (Å²) >= 11 is 0. The maximum Gasteiger partial charge on any atom is 0.256 e. The van der Waals surface area contributed by atoms with Gasteiger partial charge in [0, 0.05) is 18.7 Å². The first-order valence-electron chi connectivity index (χ1n) is 8.96. The normalized spacial score (nSPS) is 15.3. The van der Waals surface area contributed by atoms with Crippen molar-refractivity contribution < 1.29 is 14.3 Å². The number of amides is 1. The molecule has 1 unspecified atom stereocenters. The first-order chi connectivity index (χ1) is 13.3. The number of benzene rings is 2. The largest absolute Gasteiger partial charge is 0.493 e. The number of nitrogens with one attached hydrogen (secondary N) is 1. The molecule has 136 valence electrons. The molecule has 0 aliphatic carbocycles. The number of hydrogen-bond donors (Lipinski definition) is 1. The van der Waals surface area contributed by atoms with Crippen LogP contribution in [0.15, 0.2) is 72.9 Å². The van der Waals surface area contributed by atoms with Crippen molar-refractivity contribution in [1.29, 1.82) is 0 Å². The molecule has 1 aliphatic heterocycles. The number of hydrogen-bond acceptors (Lipinski definition) is 4. The predicted octanol–water partition coefficient (Wildman–Crippen LogP) is 3.86. The highest BCUT2D eigenvalue weighted by Crippen LogP contribution is 2.27. The number of aromatic nitrogens is 1. The van der Waals surface area contributed by atoms with Gasteiger partial charge in [0.15, 0.2) is 0 Å². The van der Waals surface area contributed by atoms with E-state index in [1.165, 1.54) is 5.56 Å². The molecule has 3 aromatic rings. The van der Waals surface area contributed by atoms with E-state index in [0.717, 1.165) is 12.2 Å². The number of rotatable bonds is 5. The molecule has 1 N–H and O–H groups in total. The van der Waals surface area contributed by atoms with E-state index in [9.17, 15) is 4.79 Å². The van der Waals surface area contributed by atoms with Crippen LogP contribution < -0.4 is 14.8 Å². The Labute approximate surface area is 158 Å². The molecule has 0 saturated heterocycles. The predicted molar refractivity (Wildman–Crippen MR) is 102 cm³/mol. The topological polar surface area (TPSA) is 60.5 Å². The van der Waals surface area contributed by atoms with Crippen LogP contribution in [-0.2, 0) is 6.42 Å². The van der Waals surface area contributed by atoms with E-state index in [0.29, 0.717) is 30.3 Å². The molecule has 27 heavy (non-hydrogen) atoms. The number of para-hydroxylation sites is 2. The molecule has 1 atom stereocenters. The Morgan fingerprint density at radius 1 is 1.07 bits per heavy atom. The highest BCUT2D eigenvalue weighted by Gasteiger charge is 2.21. The highest BCUT2D eigenvalue weighted by atomic mass is 16.5. The van der Waals surface area contributed by atoms with Gasteiger partial charge in [-0.3, -0.25) is 4.79 Å². The molecular weight excluding hydrogens is 340 g/mol. The Hall–Kier alpha value is -3.34. The summed E-state index contributed by atoms with van der Waals surface area (Å²) in [4.78, 5) is 16.9. The van der Waals surface area contributed by atoms with Gasteiger partial charge in [0.1, 0.15) is 17.1 Å². The van der Waals surface area contributed by atoms with Gasteiger partial charge in [-0.2, -0.15) is 0 Å². The van der Waals surface area contributed by atoms with Crippen molar-refractivity contribution in [1.82, 2.24) is 10.3 Å². The second kappa shape index (κ2) is 7.91. The molecule has 1 amide bonds. The molecule has 5 heteroatoms. The van der Waals surface area contributed by atoms with E-state index in [-0.39, 0.29) is 11.8 Å². The van der Waals surface area contributed by atoms with Crippen molar-refractivity contribution in [2.75, 3.05) is 13.2 Å². The van der Waals surface area contributed by atoms with Crippen molar-refractivity contribution in [2.45, 2.75) is 6.42 Å². The fourth-order valence-electron chi connectivity index (χ4n) is 3.10. The molecule has 2 heterocycles. The van der Waals surface area contributed by atoms with Crippen LogP contribution in [0.1, 0.15) is 15.9 Å². The number of carbonyl (C=O) groups is 1. The third-order valence-corrected chi connectivity index (χ3v) is 4.48. The van der Waals surface area contributed by atoms with E-state index in [1.54, 1.807) is 18.3 Å². The van der Waals surface area contributed by atoms with Gasteiger partial charge in [-0.25, -0.2) is 4.98 Å².